The van der Waals surface area contributed by atoms with Crippen LogP contribution in [0.15, 0.2) is 11.1 Å². The summed E-state index contributed by atoms with van der Waals surface area (Å²) in [5.74, 6) is -1.34. The molecule has 0 aromatic carbocycles. The molecule has 2 aromatic heterocycles. The lowest BCUT2D eigenvalue weighted by atomic mass is 10.3. The van der Waals surface area contributed by atoms with Crippen LogP contribution >= 0.6 is 7.37 Å². The van der Waals surface area contributed by atoms with E-state index in [2.05, 4.69) is 15.0 Å². The lowest BCUT2D eigenvalue weighted by molar-refractivity contribution is -0.134. The van der Waals surface area contributed by atoms with Crippen molar-refractivity contribution in [2.24, 2.45) is 0 Å². The van der Waals surface area contributed by atoms with E-state index in [-0.39, 0.29) is 30.8 Å². The molecule has 3 atom stereocenters. The number of hydrogen-bond donors (Lipinski definition) is 5. The zero-order valence-electron chi connectivity index (χ0n) is 14.9. The minimum Gasteiger partial charge on any atom is -0.481 e. The molecule has 2 heterocycles. The highest BCUT2D eigenvalue weighted by Gasteiger charge is 2.55. The van der Waals surface area contributed by atoms with Crippen LogP contribution in [0.5, 0.6) is 0 Å². The van der Waals surface area contributed by atoms with Gasteiger partial charge in [0.2, 0.25) is 13.3 Å². The van der Waals surface area contributed by atoms with Crippen LogP contribution in [0.1, 0.15) is 19.3 Å². The minimum atomic E-state index is -3.68. The highest BCUT2D eigenvalue weighted by molar-refractivity contribution is 7.58. The van der Waals surface area contributed by atoms with Crippen LogP contribution in [0, 0.1) is 0 Å². The van der Waals surface area contributed by atoms with E-state index in [9.17, 15) is 24.2 Å². The molecule has 28 heavy (non-hydrogen) atoms. The SMILES string of the molecule is Nc1nc2c(ncn2CC2(OCCCCP(=O)(O)CC(=O)O)C[C@H]2O)c(=O)[nH]1. The molecule has 1 aliphatic carbocycles. The number of nitrogens with two attached hydrogens (primary N) is 1. The summed E-state index contributed by atoms with van der Waals surface area (Å²) in [6.07, 6.45) is 1.04. The van der Waals surface area contributed by atoms with Crippen molar-refractivity contribution in [3.8, 4) is 0 Å². The fourth-order valence-electron chi connectivity index (χ4n) is 3.04. The standard InChI is InChI=1S/C15H22N5O7P/c16-14-18-12-11(13(24)19-14)17-8-20(12)7-15(5-9(15)21)27-3-1-2-4-28(25,26)6-10(22)23/h8-9,21H,1-7H2,(H,22,23)(H,25,26)(H3,16,18,19,24)/t9-,15?/m1/s1. The third kappa shape index (κ3) is 4.58. The molecule has 0 spiro atoms. The van der Waals surface area contributed by atoms with Crippen molar-refractivity contribution in [1.82, 2.24) is 19.5 Å². The zero-order valence-corrected chi connectivity index (χ0v) is 15.8. The van der Waals surface area contributed by atoms with Crippen molar-refractivity contribution < 1.29 is 29.2 Å². The third-order valence-corrected chi connectivity index (χ3v) is 6.37. The number of aromatic amines is 1. The lowest BCUT2D eigenvalue weighted by Crippen LogP contribution is -2.27. The number of aliphatic carboxylic acids is 1. The number of rotatable bonds is 10. The number of aliphatic hydroxyl groups is 1. The number of nitrogen functional groups attached to an aromatic ring is 1. The normalized spacial score (nSPS) is 23.6. The fraction of sp³-hybridized carbons (Fsp3) is 0.600. The van der Waals surface area contributed by atoms with E-state index in [0.29, 0.717) is 24.9 Å². The van der Waals surface area contributed by atoms with E-state index in [0.717, 1.165) is 0 Å². The fourth-order valence-corrected chi connectivity index (χ4v) is 4.34. The summed E-state index contributed by atoms with van der Waals surface area (Å²) < 4.78 is 19.1. The lowest BCUT2D eigenvalue weighted by Gasteiger charge is -2.18. The Morgan fingerprint density at radius 1 is 1.50 bits per heavy atom. The van der Waals surface area contributed by atoms with E-state index < -0.39 is 36.8 Å². The number of nitrogens with one attached hydrogen (secondary N) is 1. The molecule has 0 saturated heterocycles. The van der Waals surface area contributed by atoms with Crippen LogP contribution in [0.4, 0.5) is 5.95 Å². The van der Waals surface area contributed by atoms with Gasteiger partial charge in [0.05, 0.1) is 19.0 Å². The summed E-state index contributed by atoms with van der Waals surface area (Å²) >= 11 is 0. The molecule has 13 heteroatoms. The zero-order chi connectivity index (χ0) is 20.5. The second-order valence-corrected chi connectivity index (χ2v) is 9.41. The smallest absolute Gasteiger partial charge is 0.313 e. The number of carbonyl (C=O) groups is 1. The molecule has 0 amide bonds. The monoisotopic (exact) mass is 415 g/mol. The van der Waals surface area contributed by atoms with Gasteiger partial charge in [0, 0.05) is 19.2 Å². The van der Waals surface area contributed by atoms with Gasteiger partial charge in [-0.25, -0.2) is 4.98 Å². The molecule has 0 aliphatic heterocycles. The second-order valence-electron chi connectivity index (χ2n) is 6.96. The number of fused-ring (bicyclic) bond motifs is 1. The Bertz CT molecular complexity index is 989. The number of carboxylic acid groups (broad SMARTS) is 1. The number of aliphatic hydroxyl groups excluding tert-OH is 1. The molecular formula is C15H22N5O7P. The first-order valence-electron chi connectivity index (χ1n) is 8.67. The van der Waals surface area contributed by atoms with Gasteiger partial charge in [0.1, 0.15) is 11.8 Å². The Labute approximate surface area is 158 Å². The second kappa shape index (κ2) is 7.63. The first kappa shape index (κ1) is 20.5. The summed E-state index contributed by atoms with van der Waals surface area (Å²) in [7, 11) is -3.68. The number of imidazole rings is 1. The predicted octanol–water partition coefficient (Wildman–Crippen LogP) is -0.643. The third-order valence-electron chi connectivity index (χ3n) is 4.59. The Hall–Kier alpha value is -2.27. The number of carboxylic acids is 1. The Morgan fingerprint density at radius 3 is 2.86 bits per heavy atom. The minimum absolute atomic E-state index is 0.0413. The molecular weight excluding hydrogens is 393 g/mol. The molecule has 12 nitrogen and oxygen atoms in total. The van der Waals surface area contributed by atoms with Gasteiger partial charge < -0.3 is 30.1 Å². The quantitative estimate of drug-likeness (QED) is 0.246. The summed E-state index contributed by atoms with van der Waals surface area (Å²) in [6.45, 7) is 0.449. The maximum absolute atomic E-state index is 11.8. The number of unbranched alkanes of at least 4 members (excludes halogenated alkanes) is 1. The first-order valence-corrected chi connectivity index (χ1v) is 10.7. The van der Waals surface area contributed by atoms with E-state index in [1.54, 1.807) is 4.57 Å². The molecule has 1 saturated carbocycles. The van der Waals surface area contributed by atoms with Gasteiger partial charge in [-0.2, -0.15) is 4.98 Å². The average molecular weight is 415 g/mol. The largest absolute Gasteiger partial charge is 0.481 e. The Morgan fingerprint density at radius 2 is 2.21 bits per heavy atom. The number of aromatic nitrogens is 4. The molecule has 6 N–H and O–H groups in total. The summed E-state index contributed by atoms with van der Waals surface area (Å²) in [5, 5.41) is 18.6. The molecule has 1 fully saturated rings. The van der Waals surface area contributed by atoms with Crippen molar-refractivity contribution in [3.05, 3.63) is 16.7 Å². The predicted molar refractivity (Wildman–Crippen MR) is 98.3 cm³/mol. The topological polar surface area (TPSA) is 194 Å². The molecule has 1 aliphatic rings. The summed E-state index contributed by atoms with van der Waals surface area (Å²) in [5.41, 5.74) is 4.69. The van der Waals surface area contributed by atoms with Crippen LogP contribution in [-0.4, -0.2) is 71.2 Å². The van der Waals surface area contributed by atoms with Gasteiger partial charge in [-0.05, 0) is 12.8 Å². The van der Waals surface area contributed by atoms with Crippen LogP contribution in [0.3, 0.4) is 0 Å². The molecule has 0 bridgehead atoms. The van der Waals surface area contributed by atoms with E-state index in [1.807, 2.05) is 0 Å². The maximum Gasteiger partial charge on any atom is 0.313 e. The van der Waals surface area contributed by atoms with Gasteiger partial charge >= 0.3 is 5.97 Å². The Kier molecular flexibility index (Phi) is 5.57. The molecule has 2 aromatic rings. The summed E-state index contributed by atoms with van der Waals surface area (Å²) in [6, 6.07) is 0. The number of H-pyrrole nitrogens is 1. The molecule has 0 radical (unpaired) electrons. The van der Waals surface area contributed by atoms with Crippen molar-refractivity contribution in [2.75, 3.05) is 24.7 Å². The van der Waals surface area contributed by atoms with Gasteiger partial charge in [0.25, 0.3) is 5.56 Å². The van der Waals surface area contributed by atoms with Gasteiger partial charge in [-0.1, -0.05) is 0 Å². The molecule has 2 unspecified atom stereocenters. The maximum atomic E-state index is 11.8. The van der Waals surface area contributed by atoms with E-state index >= 15 is 0 Å². The highest BCUT2D eigenvalue weighted by atomic mass is 31.2. The Balaban J connectivity index is 1.56. The van der Waals surface area contributed by atoms with Gasteiger partial charge in [-0.3, -0.25) is 19.1 Å². The van der Waals surface area contributed by atoms with Crippen LogP contribution < -0.4 is 11.3 Å². The van der Waals surface area contributed by atoms with Crippen molar-refractivity contribution >= 4 is 30.5 Å². The van der Waals surface area contributed by atoms with Gasteiger partial charge in [0.15, 0.2) is 11.2 Å². The summed E-state index contributed by atoms with van der Waals surface area (Å²) in [4.78, 5) is 42.4. The molecule has 3 rings (SSSR count). The van der Waals surface area contributed by atoms with Crippen LogP contribution in [-0.2, 0) is 20.6 Å². The highest BCUT2D eigenvalue weighted by Crippen LogP contribution is 2.43. The van der Waals surface area contributed by atoms with Crippen molar-refractivity contribution in [1.29, 1.82) is 0 Å². The van der Waals surface area contributed by atoms with Crippen LogP contribution in [0.25, 0.3) is 11.2 Å². The number of anilines is 1. The van der Waals surface area contributed by atoms with E-state index in [1.165, 1.54) is 6.33 Å². The van der Waals surface area contributed by atoms with E-state index in [4.69, 9.17) is 15.6 Å². The molecule has 154 valence electrons. The number of nitrogens with zero attached hydrogens (tertiary/aromatic N) is 3. The average Bonchev–Trinajstić information content (AvgIpc) is 3.00. The first-order chi connectivity index (χ1) is 13.1. The van der Waals surface area contributed by atoms with Crippen molar-refractivity contribution in [2.45, 2.75) is 37.5 Å². The number of hydrogen-bond acceptors (Lipinski definition) is 8. The number of ether oxygens (including phenoxy) is 1. The van der Waals surface area contributed by atoms with Crippen molar-refractivity contribution in [3.63, 3.8) is 0 Å². The van der Waals surface area contributed by atoms with Crippen LogP contribution in [0.2, 0.25) is 0 Å². The van der Waals surface area contributed by atoms with Gasteiger partial charge in [-0.15, -0.1) is 0 Å².